The molecule has 3 aromatic rings. The fraction of sp³-hybridized carbons (Fsp3) is 0.278. The molecule has 23 heavy (non-hydrogen) atoms. The largest absolute Gasteiger partial charge is 0.453 e. The highest BCUT2D eigenvalue weighted by atomic mass is 35.5. The zero-order valence-electron chi connectivity index (χ0n) is 13.0. The molecule has 3 heterocycles. The smallest absolute Gasteiger partial charge is 0.171 e. The second-order valence-corrected chi connectivity index (χ2v) is 6.36. The van der Waals surface area contributed by atoms with E-state index in [9.17, 15) is 0 Å². The van der Waals surface area contributed by atoms with Gasteiger partial charge < -0.3 is 14.2 Å². The lowest BCUT2D eigenvalue weighted by Crippen LogP contribution is -2.44. The molecule has 0 spiro atoms. The molecule has 0 radical (unpaired) electrons. The number of hydrogen-bond acceptors (Lipinski definition) is 4. The molecule has 0 amide bonds. The third-order valence-electron chi connectivity index (χ3n) is 4.38. The number of likely N-dealkylation sites (N-methyl/N-ethyl adjacent to an activating group) is 1. The van der Waals surface area contributed by atoms with E-state index in [1.807, 2.05) is 6.07 Å². The lowest BCUT2D eigenvalue weighted by atomic mass is 10.1. The summed E-state index contributed by atoms with van der Waals surface area (Å²) in [5.41, 5.74) is 3.73. The first-order chi connectivity index (χ1) is 11.2. The Hall–Kier alpha value is -2.04. The average Bonchev–Trinajstić information content (AvgIpc) is 3.01. The minimum Gasteiger partial charge on any atom is -0.453 e. The minimum atomic E-state index is 0.593. The maximum absolute atomic E-state index is 6.15. The number of pyridine rings is 1. The van der Waals surface area contributed by atoms with Gasteiger partial charge in [-0.05, 0) is 37.4 Å². The van der Waals surface area contributed by atoms with Crippen molar-refractivity contribution in [1.29, 1.82) is 0 Å². The Morgan fingerprint density at radius 1 is 1.04 bits per heavy atom. The van der Waals surface area contributed by atoms with Crippen molar-refractivity contribution >= 4 is 28.4 Å². The Kier molecular flexibility index (Phi) is 3.71. The molecule has 2 aromatic heterocycles. The number of halogens is 1. The van der Waals surface area contributed by atoms with Crippen molar-refractivity contribution in [3.05, 3.63) is 47.6 Å². The molecule has 1 aliphatic rings. The summed E-state index contributed by atoms with van der Waals surface area (Å²) < 4.78 is 5.87. The molecule has 1 aliphatic heterocycles. The molecule has 118 valence electrons. The number of fused-ring (bicyclic) bond motifs is 1. The zero-order chi connectivity index (χ0) is 15.8. The van der Waals surface area contributed by atoms with E-state index in [2.05, 4.69) is 46.1 Å². The van der Waals surface area contributed by atoms with Crippen LogP contribution in [0.15, 0.2) is 47.0 Å². The lowest BCUT2D eigenvalue weighted by molar-refractivity contribution is 0.313. The van der Waals surface area contributed by atoms with Gasteiger partial charge in [-0.25, -0.2) is 0 Å². The fourth-order valence-corrected chi connectivity index (χ4v) is 3.14. The summed E-state index contributed by atoms with van der Waals surface area (Å²) >= 11 is 6.15. The normalized spacial score (nSPS) is 16.2. The van der Waals surface area contributed by atoms with E-state index >= 15 is 0 Å². The first kappa shape index (κ1) is 14.5. The number of anilines is 1. The Balaban J connectivity index is 1.61. The molecule has 0 atom stereocenters. The molecule has 5 heteroatoms. The highest BCUT2D eigenvalue weighted by molar-refractivity contribution is 6.34. The molecule has 0 saturated carbocycles. The van der Waals surface area contributed by atoms with E-state index in [0.29, 0.717) is 10.6 Å². The van der Waals surface area contributed by atoms with Crippen LogP contribution in [0.25, 0.3) is 22.4 Å². The summed E-state index contributed by atoms with van der Waals surface area (Å²) in [6, 6.07) is 12.2. The van der Waals surface area contributed by atoms with Crippen molar-refractivity contribution in [3.8, 4) is 11.3 Å². The van der Waals surface area contributed by atoms with Gasteiger partial charge in [0.25, 0.3) is 0 Å². The third-order valence-corrected chi connectivity index (χ3v) is 4.68. The van der Waals surface area contributed by atoms with Gasteiger partial charge in [0.2, 0.25) is 0 Å². The maximum atomic E-state index is 6.15. The van der Waals surface area contributed by atoms with Crippen molar-refractivity contribution < 1.29 is 4.42 Å². The van der Waals surface area contributed by atoms with Crippen LogP contribution in [0.1, 0.15) is 0 Å². The highest BCUT2D eigenvalue weighted by Crippen LogP contribution is 2.31. The van der Waals surface area contributed by atoms with E-state index in [1.54, 1.807) is 12.3 Å². The quantitative estimate of drug-likeness (QED) is 0.714. The van der Waals surface area contributed by atoms with Crippen LogP contribution >= 0.6 is 11.6 Å². The number of rotatable bonds is 2. The van der Waals surface area contributed by atoms with Gasteiger partial charge in [-0.15, -0.1) is 0 Å². The molecule has 0 N–H and O–H groups in total. The van der Waals surface area contributed by atoms with E-state index in [0.717, 1.165) is 43.0 Å². The molecule has 1 saturated heterocycles. The Morgan fingerprint density at radius 3 is 2.48 bits per heavy atom. The second kappa shape index (κ2) is 5.87. The molecule has 1 fully saturated rings. The minimum absolute atomic E-state index is 0.593. The van der Waals surface area contributed by atoms with Crippen LogP contribution in [0.2, 0.25) is 5.02 Å². The van der Waals surface area contributed by atoms with Gasteiger partial charge in [0, 0.05) is 49.7 Å². The Morgan fingerprint density at radius 2 is 1.78 bits per heavy atom. The van der Waals surface area contributed by atoms with Crippen LogP contribution in [0.3, 0.4) is 0 Å². The fourth-order valence-electron chi connectivity index (χ4n) is 2.95. The predicted octanol–water partition coefficient (Wildman–Crippen LogP) is 3.90. The molecule has 4 nitrogen and oxygen atoms in total. The number of aromatic nitrogens is 1. The Labute approximate surface area is 140 Å². The lowest BCUT2D eigenvalue weighted by Gasteiger charge is -2.34. The van der Waals surface area contributed by atoms with Crippen molar-refractivity contribution in [1.82, 2.24) is 9.88 Å². The number of nitrogens with zero attached hydrogens (tertiary/aromatic N) is 3. The summed E-state index contributed by atoms with van der Waals surface area (Å²) in [7, 11) is 2.17. The SMILES string of the molecule is CN1CCN(c2ccc(-c3cc4nccc(Cl)c4o3)cc2)CC1. The first-order valence-electron chi connectivity index (χ1n) is 7.79. The van der Waals surface area contributed by atoms with E-state index in [4.69, 9.17) is 16.0 Å². The van der Waals surface area contributed by atoms with Gasteiger partial charge in [0.1, 0.15) is 11.3 Å². The van der Waals surface area contributed by atoms with Crippen molar-refractivity contribution in [2.24, 2.45) is 0 Å². The second-order valence-electron chi connectivity index (χ2n) is 5.95. The van der Waals surface area contributed by atoms with Gasteiger partial charge in [0.15, 0.2) is 5.58 Å². The summed E-state index contributed by atoms with van der Waals surface area (Å²) in [6.07, 6.45) is 1.69. The number of piperazine rings is 1. The van der Waals surface area contributed by atoms with Crippen LogP contribution in [-0.2, 0) is 0 Å². The van der Waals surface area contributed by atoms with Crippen molar-refractivity contribution in [3.63, 3.8) is 0 Å². The van der Waals surface area contributed by atoms with E-state index in [1.165, 1.54) is 5.69 Å². The summed E-state index contributed by atoms with van der Waals surface area (Å²) in [5.74, 6) is 0.797. The third kappa shape index (κ3) is 2.80. The molecule has 4 rings (SSSR count). The first-order valence-corrected chi connectivity index (χ1v) is 8.16. The van der Waals surface area contributed by atoms with Crippen LogP contribution < -0.4 is 4.90 Å². The molecule has 0 bridgehead atoms. The number of hydrogen-bond donors (Lipinski definition) is 0. The summed E-state index contributed by atoms with van der Waals surface area (Å²) in [4.78, 5) is 9.07. The maximum Gasteiger partial charge on any atom is 0.171 e. The van der Waals surface area contributed by atoms with Gasteiger partial charge >= 0.3 is 0 Å². The summed E-state index contributed by atoms with van der Waals surface area (Å²) in [6.45, 7) is 4.35. The van der Waals surface area contributed by atoms with Crippen LogP contribution in [0.4, 0.5) is 5.69 Å². The van der Waals surface area contributed by atoms with Crippen LogP contribution in [0, 0.1) is 0 Å². The predicted molar refractivity (Wildman–Crippen MR) is 94.2 cm³/mol. The molecule has 1 aromatic carbocycles. The highest BCUT2D eigenvalue weighted by Gasteiger charge is 2.15. The zero-order valence-corrected chi connectivity index (χ0v) is 13.8. The standard InChI is InChI=1S/C18H18ClN3O/c1-21-8-10-22(11-9-21)14-4-2-13(3-5-14)17-12-16-18(23-17)15(19)6-7-20-16/h2-7,12H,8-11H2,1H3. The van der Waals surface area contributed by atoms with E-state index < -0.39 is 0 Å². The van der Waals surface area contributed by atoms with Gasteiger partial charge in [0.05, 0.1) is 5.02 Å². The van der Waals surface area contributed by atoms with Crippen molar-refractivity contribution in [2.45, 2.75) is 0 Å². The van der Waals surface area contributed by atoms with Gasteiger partial charge in [-0.1, -0.05) is 11.6 Å². The van der Waals surface area contributed by atoms with Gasteiger partial charge in [-0.2, -0.15) is 0 Å². The van der Waals surface area contributed by atoms with Crippen molar-refractivity contribution in [2.75, 3.05) is 38.1 Å². The van der Waals surface area contributed by atoms with Crippen LogP contribution in [-0.4, -0.2) is 43.1 Å². The van der Waals surface area contributed by atoms with Gasteiger partial charge in [-0.3, -0.25) is 4.98 Å². The monoisotopic (exact) mass is 327 g/mol. The van der Waals surface area contributed by atoms with Crippen LogP contribution in [0.5, 0.6) is 0 Å². The molecule has 0 unspecified atom stereocenters. The molecular formula is C18H18ClN3O. The molecule has 0 aliphatic carbocycles. The van der Waals surface area contributed by atoms with E-state index in [-0.39, 0.29) is 0 Å². The summed E-state index contributed by atoms with van der Waals surface area (Å²) in [5, 5.41) is 0.593. The average molecular weight is 328 g/mol. The number of furan rings is 1. The topological polar surface area (TPSA) is 32.5 Å². The Bertz CT molecular complexity index is 820. The number of benzene rings is 1. The molecular weight excluding hydrogens is 310 g/mol.